The maximum Gasteiger partial charge on any atom is 0.320 e. The van der Waals surface area contributed by atoms with Crippen LogP contribution in [0.1, 0.15) is 12.0 Å². The highest BCUT2D eigenvalue weighted by Gasteiger charge is 2.29. The highest BCUT2D eigenvalue weighted by Crippen LogP contribution is 2.13. The number of urea groups is 1. The number of amides is 3. The van der Waals surface area contributed by atoms with Crippen LogP contribution >= 0.6 is 0 Å². The third-order valence-corrected chi connectivity index (χ3v) is 3.65. The average molecular weight is 323 g/mol. The maximum atomic E-state index is 12.9. The Bertz CT molecular complexity index is 536. The Kier molecular flexibility index (Phi) is 6.34. The molecule has 0 saturated carbocycles. The van der Waals surface area contributed by atoms with Crippen LogP contribution in [-0.2, 0) is 16.1 Å². The first-order valence-electron chi connectivity index (χ1n) is 7.64. The molecule has 1 N–H and O–H groups in total. The van der Waals surface area contributed by atoms with E-state index in [0.717, 1.165) is 12.0 Å². The Morgan fingerprint density at radius 2 is 1.96 bits per heavy atom. The first kappa shape index (κ1) is 17.2. The summed E-state index contributed by atoms with van der Waals surface area (Å²) < 4.78 is 17.8. The summed E-state index contributed by atoms with van der Waals surface area (Å²) in [4.78, 5) is 27.3. The van der Waals surface area contributed by atoms with Crippen molar-refractivity contribution < 1.29 is 18.7 Å². The van der Waals surface area contributed by atoms with Crippen LogP contribution in [0.15, 0.2) is 24.3 Å². The predicted octanol–water partition coefficient (Wildman–Crippen LogP) is 1.22. The molecular formula is C16H22FN3O3. The van der Waals surface area contributed by atoms with Crippen molar-refractivity contribution in [3.63, 3.8) is 0 Å². The molecule has 6 nitrogen and oxygen atoms in total. The zero-order valence-corrected chi connectivity index (χ0v) is 13.3. The minimum atomic E-state index is -0.298. The lowest BCUT2D eigenvalue weighted by atomic mass is 10.2. The summed E-state index contributed by atoms with van der Waals surface area (Å²) in [5, 5.41) is 2.76. The molecule has 3 amide bonds. The van der Waals surface area contributed by atoms with Crippen LogP contribution in [0, 0.1) is 5.82 Å². The summed E-state index contributed by atoms with van der Waals surface area (Å²) in [6.45, 7) is 2.69. The summed E-state index contributed by atoms with van der Waals surface area (Å²) in [5.74, 6) is -0.466. The van der Waals surface area contributed by atoms with Crippen LogP contribution in [-0.4, -0.2) is 61.6 Å². The van der Waals surface area contributed by atoms with E-state index in [0.29, 0.717) is 32.8 Å². The molecule has 1 aromatic rings. The van der Waals surface area contributed by atoms with Gasteiger partial charge in [0.1, 0.15) is 12.4 Å². The van der Waals surface area contributed by atoms with Gasteiger partial charge in [-0.05, 0) is 24.1 Å². The van der Waals surface area contributed by atoms with E-state index in [2.05, 4.69) is 5.32 Å². The molecular weight excluding hydrogens is 301 g/mol. The Hall–Kier alpha value is -2.15. The van der Waals surface area contributed by atoms with Gasteiger partial charge in [-0.3, -0.25) is 4.79 Å². The number of benzene rings is 1. The third-order valence-electron chi connectivity index (χ3n) is 3.65. The molecule has 0 aromatic heterocycles. The lowest BCUT2D eigenvalue weighted by Crippen LogP contribution is -2.40. The van der Waals surface area contributed by atoms with Gasteiger partial charge >= 0.3 is 6.03 Å². The van der Waals surface area contributed by atoms with Gasteiger partial charge < -0.3 is 19.9 Å². The van der Waals surface area contributed by atoms with Crippen LogP contribution in [0.25, 0.3) is 0 Å². The molecule has 1 aliphatic heterocycles. The van der Waals surface area contributed by atoms with E-state index in [1.165, 1.54) is 17.0 Å². The highest BCUT2D eigenvalue weighted by molar-refractivity contribution is 5.85. The van der Waals surface area contributed by atoms with Gasteiger partial charge in [0.2, 0.25) is 5.91 Å². The first-order chi connectivity index (χ1) is 11.1. The normalized spacial score (nSPS) is 14.4. The number of halogens is 1. The fourth-order valence-corrected chi connectivity index (χ4v) is 2.41. The average Bonchev–Trinajstić information content (AvgIpc) is 2.87. The number of hydrogen-bond donors (Lipinski definition) is 1. The second-order valence-corrected chi connectivity index (χ2v) is 5.45. The van der Waals surface area contributed by atoms with Crippen LogP contribution in [0.2, 0.25) is 0 Å². The van der Waals surface area contributed by atoms with Crippen molar-refractivity contribution in [2.24, 2.45) is 0 Å². The Balaban J connectivity index is 1.77. The number of carbonyl (C=O) groups excluding carboxylic acids is 2. The van der Waals surface area contributed by atoms with Gasteiger partial charge in [-0.25, -0.2) is 9.18 Å². The minimum absolute atomic E-state index is 0.0612. The van der Waals surface area contributed by atoms with Gasteiger partial charge in [-0.2, -0.15) is 0 Å². The second kappa shape index (κ2) is 8.47. The van der Waals surface area contributed by atoms with Crippen LogP contribution < -0.4 is 5.32 Å². The number of methoxy groups -OCH3 is 1. The van der Waals surface area contributed by atoms with Crippen LogP contribution in [0.4, 0.5) is 9.18 Å². The van der Waals surface area contributed by atoms with Crippen molar-refractivity contribution in [1.82, 2.24) is 15.1 Å². The quantitative estimate of drug-likeness (QED) is 0.732. The van der Waals surface area contributed by atoms with Crippen molar-refractivity contribution in [3.05, 3.63) is 35.6 Å². The third kappa shape index (κ3) is 5.21. The van der Waals surface area contributed by atoms with Crippen molar-refractivity contribution in [3.8, 4) is 0 Å². The standard InChI is InChI=1S/C16H22FN3O3/c1-23-10-2-7-18-15(21)12-20-9-8-19(16(20)22)11-13-3-5-14(17)6-4-13/h3-6H,2,7-12H2,1H3,(H,18,21). The summed E-state index contributed by atoms with van der Waals surface area (Å²) in [7, 11) is 1.61. The van der Waals surface area contributed by atoms with Gasteiger partial charge in [0, 0.05) is 39.9 Å². The largest absolute Gasteiger partial charge is 0.385 e. The van der Waals surface area contributed by atoms with E-state index in [4.69, 9.17) is 4.74 Å². The number of nitrogens with one attached hydrogen (secondary N) is 1. The molecule has 0 atom stereocenters. The SMILES string of the molecule is COCCCNC(=O)CN1CCN(Cc2ccc(F)cc2)C1=O. The molecule has 0 radical (unpaired) electrons. The molecule has 23 heavy (non-hydrogen) atoms. The van der Waals surface area contributed by atoms with E-state index < -0.39 is 0 Å². The van der Waals surface area contributed by atoms with Gasteiger partial charge in [-0.15, -0.1) is 0 Å². The number of ether oxygens (including phenoxy) is 1. The summed E-state index contributed by atoms with van der Waals surface area (Å²) in [6, 6.07) is 5.91. The molecule has 0 unspecified atom stereocenters. The molecule has 7 heteroatoms. The zero-order valence-electron chi connectivity index (χ0n) is 13.3. The van der Waals surface area contributed by atoms with E-state index in [9.17, 15) is 14.0 Å². The number of nitrogens with zero attached hydrogens (tertiary/aromatic N) is 2. The monoisotopic (exact) mass is 323 g/mol. The number of rotatable bonds is 8. The maximum absolute atomic E-state index is 12.9. The minimum Gasteiger partial charge on any atom is -0.385 e. The fraction of sp³-hybridized carbons (Fsp3) is 0.500. The molecule has 0 aliphatic carbocycles. The van der Waals surface area contributed by atoms with Gasteiger partial charge in [-0.1, -0.05) is 12.1 Å². The first-order valence-corrected chi connectivity index (χ1v) is 7.64. The fourth-order valence-electron chi connectivity index (χ4n) is 2.41. The molecule has 1 aromatic carbocycles. The van der Waals surface area contributed by atoms with Gasteiger partial charge in [0.25, 0.3) is 0 Å². The highest BCUT2D eigenvalue weighted by atomic mass is 19.1. The molecule has 126 valence electrons. The summed E-state index contributed by atoms with van der Waals surface area (Å²) in [5.41, 5.74) is 0.866. The topological polar surface area (TPSA) is 61.9 Å². The van der Waals surface area contributed by atoms with E-state index in [1.807, 2.05) is 0 Å². The molecule has 1 saturated heterocycles. The Morgan fingerprint density at radius 1 is 1.26 bits per heavy atom. The van der Waals surface area contributed by atoms with E-state index >= 15 is 0 Å². The molecule has 0 bridgehead atoms. The molecule has 2 rings (SSSR count). The molecule has 1 heterocycles. The predicted molar refractivity (Wildman–Crippen MR) is 83.3 cm³/mol. The van der Waals surface area contributed by atoms with Crippen LogP contribution in [0.5, 0.6) is 0 Å². The molecule has 1 fully saturated rings. The van der Waals surface area contributed by atoms with Crippen molar-refractivity contribution in [1.29, 1.82) is 0 Å². The number of carbonyl (C=O) groups is 2. The molecule has 0 spiro atoms. The van der Waals surface area contributed by atoms with E-state index in [1.54, 1.807) is 24.1 Å². The summed E-state index contributed by atoms with van der Waals surface area (Å²) >= 11 is 0. The summed E-state index contributed by atoms with van der Waals surface area (Å²) in [6.07, 6.45) is 0.743. The van der Waals surface area contributed by atoms with Gasteiger partial charge in [0.15, 0.2) is 0 Å². The number of hydrogen-bond acceptors (Lipinski definition) is 3. The Morgan fingerprint density at radius 3 is 2.65 bits per heavy atom. The Labute approximate surface area is 135 Å². The van der Waals surface area contributed by atoms with Crippen molar-refractivity contribution in [2.75, 3.05) is 39.9 Å². The van der Waals surface area contributed by atoms with Crippen molar-refractivity contribution >= 4 is 11.9 Å². The van der Waals surface area contributed by atoms with Crippen LogP contribution in [0.3, 0.4) is 0 Å². The molecule has 1 aliphatic rings. The lowest BCUT2D eigenvalue weighted by molar-refractivity contribution is -0.121. The smallest absolute Gasteiger partial charge is 0.320 e. The zero-order chi connectivity index (χ0) is 16.7. The van der Waals surface area contributed by atoms with Crippen molar-refractivity contribution in [2.45, 2.75) is 13.0 Å². The second-order valence-electron chi connectivity index (χ2n) is 5.45. The van der Waals surface area contributed by atoms with Gasteiger partial charge in [0.05, 0.1) is 0 Å². The lowest BCUT2D eigenvalue weighted by Gasteiger charge is -2.18. The van der Waals surface area contributed by atoms with E-state index in [-0.39, 0.29) is 24.3 Å².